The summed E-state index contributed by atoms with van der Waals surface area (Å²) in [6.07, 6.45) is 6.22. The standard InChI is InChI=1S/C14H16N4OS/c1-3-11-7-12-13(20-11)15-9-18(14(12)19)10(2)8-17-6-4-5-16-17/h4-7,9-10H,3,8H2,1-2H3/t10-/m1/s1. The Morgan fingerprint density at radius 1 is 1.45 bits per heavy atom. The maximum Gasteiger partial charge on any atom is 0.262 e. The van der Waals surface area contributed by atoms with Crippen molar-refractivity contribution in [3.05, 3.63) is 46.1 Å². The highest BCUT2D eigenvalue weighted by atomic mass is 32.1. The minimum Gasteiger partial charge on any atom is -0.294 e. The van der Waals surface area contributed by atoms with E-state index in [1.807, 2.05) is 29.9 Å². The van der Waals surface area contributed by atoms with Crippen molar-refractivity contribution in [3.63, 3.8) is 0 Å². The number of fused-ring (bicyclic) bond motifs is 1. The number of hydrogen-bond acceptors (Lipinski definition) is 4. The number of rotatable bonds is 4. The van der Waals surface area contributed by atoms with Crippen LogP contribution in [0.25, 0.3) is 10.2 Å². The lowest BCUT2D eigenvalue weighted by Crippen LogP contribution is -2.26. The van der Waals surface area contributed by atoms with Gasteiger partial charge in [0.15, 0.2) is 0 Å². The van der Waals surface area contributed by atoms with Gasteiger partial charge in [-0.2, -0.15) is 5.10 Å². The smallest absolute Gasteiger partial charge is 0.262 e. The monoisotopic (exact) mass is 288 g/mol. The van der Waals surface area contributed by atoms with Crippen LogP contribution in [0.15, 0.2) is 35.6 Å². The zero-order valence-corrected chi connectivity index (χ0v) is 12.3. The molecule has 0 bridgehead atoms. The van der Waals surface area contributed by atoms with E-state index in [2.05, 4.69) is 17.0 Å². The van der Waals surface area contributed by atoms with E-state index < -0.39 is 0 Å². The molecule has 1 atom stereocenters. The molecule has 0 aliphatic carbocycles. The second-order valence-electron chi connectivity index (χ2n) is 4.82. The van der Waals surface area contributed by atoms with Crippen LogP contribution in [-0.4, -0.2) is 19.3 Å². The molecule has 104 valence electrons. The molecule has 0 radical (unpaired) electrons. The molecule has 3 aromatic rings. The van der Waals surface area contributed by atoms with Gasteiger partial charge in [0.25, 0.3) is 5.56 Å². The molecule has 0 aromatic carbocycles. The van der Waals surface area contributed by atoms with Crippen molar-refractivity contribution in [2.24, 2.45) is 0 Å². The van der Waals surface area contributed by atoms with Gasteiger partial charge in [-0.25, -0.2) is 4.98 Å². The van der Waals surface area contributed by atoms with E-state index in [0.717, 1.165) is 16.6 Å². The minimum absolute atomic E-state index is 0.0178. The third kappa shape index (κ3) is 2.27. The number of thiophene rings is 1. The Balaban J connectivity index is 1.99. The van der Waals surface area contributed by atoms with Gasteiger partial charge >= 0.3 is 0 Å². The van der Waals surface area contributed by atoms with Crippen LogP contribution in [0.3, 0.4) is 0 Å². The zero-order valence-electron chi connectivity index (χ0n) is 11.5. The molecular formula is C14H16N4OS. The van der Waals surface area contributed by atoms with Gasteiger partial charge in [-0.05, 0) is 25.5 Å². The molecule has 0 aliphatic heterocycles. The molecule has 0 unspecified atom stereocenters. The normalized spacial score (nSPS) is 12.9. The molecule has 5 nitrogen and oxygen atoms in total. The maximum atomic E-state index is 12.5. The maximum absolute atomic E-state index is 12.5. The highest BCUT2D eigenvalue weighted by molar-refractivity contribution is 7.18. The van der Waals surface area contributed by atoms with Crippen LogP contribution in [0.5, 0.6) is 0 Å². The van der Waals surface area contributed by atoms with E-state index in [1.165, 1.54) is 4.88 Å². The summed E-state index contributed by atoms with van der Waals surface area (Å²) >= 11 is 1.60. The van der Waals surface area contributed by atoms with E-state index in [1.54, 1.807) is 28.4 Å². The predicted octanol–water partition coefficient (Wildman–Crippen LogP) is 2.48. The Morgan fingerprint density at radius 3 is 3.00 bits per heavy atom. The molecule has 0 saturated heterocycles. The molecule has 6 heteroatoms. The van der Waals surface area contributed by atoms with Gasteiger partial charge in [0.05, 0.1) is 24.3 Å². The fourth-order valence-corrected chi connectivity index (χ4v) is 3.17. The average Bonchev–Trinajstić information content (AvgIpc) is 3.07. The lowest BCUT2D eigenvalue weighted by atomic mass is 10.3. The van der Waals surface area contributed by atoms with Gasteiger partial charge in [0, 0.05) is 17.3 Å². The largest absolute Gasteiger partial charge is 0.294 e. The third-order valence-corrected chi connectivity index (χ3v) is 4.55. The topological polar surface area (TPSA) is 52.7 Å². The van der Waals surface area contributed by atoms with Crippen LogP contribution in [0.4, 0.5) is 0 Å². The molecule has 3 heterocycles. The first kappa shape index (κ1) is 13.1. The Bertz CT molecular complexity index is 772. The highest BCUT2D eigenvalue weighted by Gasteiger charge is 2.12. The lowest BCUT2D eigenvalue weighted by molar-refractivity contribution is 0.426. The van der Waals surface area contributed by atoms with Crippen molar-refractivity contribution in [1.82, 2.24) is 19.3 Å². The summed E-state index contributed by atoms with van der Waals surface area (Å²) in [6.45, 7) is 4.75. The van der Waals surface area contributed by atoms with Crippen molar-refractivity contribution < 1.29 is 0 Å². The van der Waals surface area contributed by atoms with E-state index in [9.17, 15) is 4.79 Å². The summed E-state index contributed by atoms with van der Waals surface area (Å²) in [4.78, 5) is 19.0. The van der Waals surface area contributed by atoms with Gasteiger partial charge in [0.2, 0.25) is 0 Å². The van der Waals surface area contributed by atoms with E-state index in [-0.39, 0.29) is 11.6 Å². The fourth-order valence-electron chi connectivity index (χ4n) is 2.24. The number of aryl methyl sites for hydroxylation is 1. The van der Waals surface area contributed by atoms with Gasteiger partial charge in [-0.3, -0.25) is 14.0 Å². The first-order chi connectivity index (χ1) is 9.69. The van der Waals surface area contributed by atoms with Gasteiger partial charge < -0.3 is 0 Å². The molecule has 0 amide bonds. The van der Waals surface area contributed by atoms with Crippen molar-refractivity contribution in [1.29, 1.82) is 0 Å². The predicted molar refractivity (Wildman–Crippen MR) is 80.2 cm³/mol. The molecule has 3 aromatic heterocycles. The molecule has 20 heavy (non-hydrogen) atoms. The summed E-state index contributed by atoms with van der Waals surface area (Å²) in [5.74, 6) is 0. The summed E-state index contributed by atoms with van der Waals surface area (Å²) in [5, 5.41) is 4.90. The van der Waals surface area contributed by atoms with E-state index in [0.29, 0.717) is 6.54 Å². The first-order valence-corrected chi connectivity index (χ1v) is 7.47. The van der Waals surface area contributed by atoms with Crippen LogP contribution in [0.2, 0.25) is 0 Å². The van der Waals surface area contributed by atoms with Crippen LogP contribution in [0, 0.1) is 0 Å². The van der Waals surface area contributed by atoms with Crippen LogP contribution < -0.4 is 5.56 Å². The molecule has 0 N–H and O–H groups in total. The van der Waals surface area contributed by atoms with Crippen molar-refractivity contribution >= 4 is 21.6 Å². The Morgan fingerprint density at radius 2 is 2.30 bits per heavy atom. The molecule has 0 aliphatic rings. The molecule has 0 fully saturated rings. The summed E-state index contributed by atoms with van der Waals surface area (Å²) < 4.78 is 3.52. The van der Waals surface area contributed by atoms with Gasteiger partial charge in [0.1, 0.15) is 4.83 Å². The third-order valence-electron chi connectivity index (χ3n) is 3.36. The van der Waals surface area contributed by atoms with Crippen molar-refractivity contribution in [3.8, 4) is 0 Å². The Labute approximate surface area is 120 Å². The second-order valence-corrected chi connectivity index (χ2v) is 5.93. The summed E-state index contributed by atoms with van der Waals surface area (Å²) in [5.41, 5.74) is 0.0330. The number of aromatic nitrogens is 4. The second kappa shape index (κ2) is 5.20. The minimum atomic E-state index is 0.0178. The number of nitrogens with zero attached hydrogens (tertiary/aromatic N) is 4. The van der Waals surface area contributed by atoms with E-state index in [4.69, 9.17) is 0 Å². The molecule has 0 spiro atoms. The molecule has 0 saturated carbocycles. The average molecular weight is 288 g/mol. The highest BCUT2D eigenvalue weighted by Crippen LogP contribution is 2.21. The summed E-state index contributed by atoms with van der Waals surface area (Å²) in [7, 11) is 0. The SMILES string of the molecule is CCc1cc2c(=O)n([C@H](C)Cn3cccn3)cnc2s1. The van der Waals surface area contributed by atoms with Gasteiger partial charge in [-0.15, -0.1) is 11.3 Å². The first-order valence-electron chi connectivity index (χ1n) is 6.66. The van der Waals surface area contributed by atoms with E-state index >= 15 is 0 Å². The van der Waals surface area contributed by atoms with Crippen LogP contribution in [0.1, 0.15) is 24.8 Å². The zero-order chi connectivity index (χ0) is 14.1. The van der Waals surface area contributed by atoms with Crippen molar-refractivity contribution in [2.45, 2.75) is 32.9 Å². The van der Waals surface area contributed by atoms with Crippen molar-refractivity contribution in [2.75, 3.05) is 0 Å². The quantitative estimate of drug-likeness (QED) is 0.741. The van der Waals surface area contributed by atoms with Gasteiger partial charge in [-0.1, -0.05) is 6.92 Å². The van der Waals surface area contributed by atoms with Crippen LogP contribution in [-0.2, 0) is 13.0 Å². The van der Waals surface area contributed by atoms with Crippen LogP contribution >= 0.6 is 11.3 Å². The Kier molecular flexibility index (Phi) is 3.40. The fraction of sp³-hybridized carbons (Fsp3) is 0.357. The Hall–Kier alpha value is -1.95. The molecular weight excluding hydrogens is 272 g/mol. The molecule has 3 rings (SSSR count). The lowest BCUT2D eigenvalue weighted by Gasteiger charge is -2.14. The summed E-state index contributed by atoms with van der Waals surface area (Å²) in [6, 6.07) is 3.86. The number of hydrogen-bond donors (Lipinski definition) is 0.